The van der Waals surface area contributed by atoms with Crippen LogP contribution in [0, 0.1) is 5.41 Å². The number of ether oxygens (including phenoxy) is 1. The minimum absolute atomic E-state index is 0.000458. The SMILES string of the molecule is CCCCCCc1nc(N([B]C2CC23CC3)Cc2ccc(OC)cc2)nc2ccn(Cc3ccc(CN4CCCC4)cc3)c(=O)c12. The number of benzene rings is 2. The maximum Gasteiger partial charge on any atom is 0.262 e. The Labute approximate surface area is 274 Å². The van der Waals surface area contributed by atoms with Crippen LogP contribution < -0.4 is 15.1 Å². The monoisotopic (exact) mass is 616 g/mol. The number of hydrogen-bond acceptors (Lipinski definition) is 6. The Kier molecular flexibility index (Phi) is 9.16. The van der Waals surface area contributed by atoms with Crippen molar-refractivity contribution in [1.82, 2.24) is 19.4 Å². The van der Waals surface area contributed by atoms with E-state index in [1.807, 2.05) is 29.0 Å². The number of unbranched alkanes of at least 4 members (excludes halogenated alkanes) is 3. The highest BCUT2D eigenvalue weighted by molar-refractivity contribution is 6.44. The number of aromatic nitrogens is 3. The molecule has 4 aromatic rings. The first-order chi connectivity index (χ1) is 22.5. The van der Waals surface area contributed by atoms with Crippen molar-refractivity contribution in [1.29, 1.82) is 0 Å². The number of anilines is 1. The van der Waals surface area contributed by atoms with Crippen molar-refractivity contribution >= 4 is 24.3 Å². The molecule has 3 heterocycles. The summed E-state index contributed by atoms with van der Waals surface area (Å²) in [6.45, 7) is 6.84. The number of likely N-dealkylation sites (tertiary alicyclic amines) is 1. The van der Waals surface area contributed by atoms with Gasteiger partial charge >= 0.3 is 0 Å². The van der Waals surface area contributed by atoms with Crippen LogP contribution in [0.1, 0.15) is 87.1 Å². The number of hydrogen-bond donors (Lipinski definition) is 0. The lowest BCUT2D eigenvalue weighted by molar-refractivity contribution is 0.331. The molecule has 3 fully saturated rings. The molecule has 2 aliphatic carbocycles. The van der Waals surface area contributed by atoms with Crippen molar-refractivity contribution < 1.29 is 4.74 Å². The summed E-state index contributed by atoms with van der Waals surface area (Å²) in [6.07, 6.45) is 13.7. The standard InChI is InChI=1S/C38H47BN5O2/c1-3-4-5-6-9-32-35-33(18-23-43(36(35)45)26-29-12-10-28(11-13-29)25-42-21-7-8-22-42)41-37(40-32)44(39-34-24-38(34)19-20-38)27-30-14-16-31(46-2)17-15-30/h10-18,23,34H,3-9,19-22,24-27H2,1-2H3. The van der Waals surface area contributed by atoms with Gasteiger partial charge in [-0.3, -0.25) is 9.69 Å². The fraction of sp³-hybridized carbons (Fsp3) is 0.500. The van der Waals surface area contributed by atoms with Crippen molar-refractivity contribution in [3.63, 3.8) is 0 Å². The zero-order chi connectivity index (χ0) is 31.5. The largest absolute Gasteiger partial charge is 0.497 e. The van der Waals surface area contributed by atoms with Gasteiger partial charge in [0.1, 0.15) is 5.75 Å². The van der Waals surface area contributed by atoms with Crippen LogP contribution in [0.25, 0.3) is 10.9 Å². The van der Waals surface area contributed by atoms with E-state index in [0.29, 0.717) is 35.7 Å². The summed E-state index contributed by atoms with van der Waals surface area (Å²) < 4.78 is 7.23. The Morgan fingerprint density at radius 1 is 0.913 bits per heavy atom. The van der Waals surface area contributed by atoms with Crippen LogP contribution in [0.4, 0.5) is 5.95 Å². The highest BCUT2D eigenvalue weighted by Crippen LogP contribution is 2.74. The molecule has 239 valence electrons. The smallest absolute Gasteiger partial charge is 0.262 e. The summed E-state index contributed by atoms with van der Waals surface area (Å²) in [5.41, 5.74) is 5.79. The van der Waals surface area contributed by atoms with Gasteiger partial charge in [0.2, 0.25) is 5.95 Å². The molecule has 3 aliphatic rings. The van der Waals surface area contributed by atoms with E-state index in [2.05, 4.69) is 60.4 Å². The van der Waals surface area contributed by atoms with E-state index < -0.39 is 0 Å². The molecule has 0 N–H and O–H groups in total. The van der Waals surface area contributed by atoms with Gasteiger partial charge in [0, 0.05) is 19.3 Å². The molecule has 0 amide bonds. The summed E-state index contributed by atoms with van der Waals surface area (Å²) in [4.78, 5) is 29.1. The van der Waals surface area contributed by atoms with E-state index in [1.54, 1.807) is 7.11 Å². The molecule has 1 spiro atoms. The third-order valence-electron chi connectivity index (χ3n) is 10.4. The summed E-state index contributed by atoms with van der Waals surface area (Å²) in [5.74, 6) is 2.12. The molecule has 1 unspecified atom stereocenters. The van der Waals surface area contributed by atoms with Gasteiger partial charge in [-0.05, 0) is 104 Å². The van der Waals surface area contributed by atoms with Crippen molar-refractivity contribution in [2.24, 2.45) is 5.41 Å². The molecule has 1 saturated heterocycles. The molecule has 8 heteroatoms. The molecule has 2 aromatic heterocycles. The molecule has 1 radical (unpaired) electrons. The van der Waals surface area contributed by atoms with E-state index in [9.17, 15) is 4.79 Å². The number of nitrogens with zero attached hydrogens (tertiary/aromatic N) is 5. The van der Waals surface area contributed by atoms with Crippen LogP contribution in [-0.2, 0) is 26.1 Å². The van der Waals surface area contributed by atoms with Gasteiger partial charge in [-0.15, -0.1) is 0 Å². The van der Waals surface area contributed by atoms with Crippen molar-refractivity contribution in [2.45, 2.75) is 96.6 Å². The molecule has 1 atom stereocenters. The average Bonchev–Trinajstić information content (AvgIpc) is 3.94. The van der Waals surface area contributed by atoms with E-state index in [1.165, 1.54) is 69.2 Å². The molecular weight excluding hydrogens is 569 g/mol. The van der Waals surface area contributed by atoms with Crippen molar-refractivity contribution in [3.05, 3.63) is 93.5 Å². The Morgan fingerprint density at radius 2 is 1.63 bits per heavy atom. The van der Waals surface area contributed by atoms with Crippen LogP contribution >= 0.6 is 0 Å². The number of pyridine rings is 1. The normalized spacial score (nSPS) is 18.3. The second-order valence-electron chi connectivity index (χ2n) is 13.9. The van der Waals surface area contributed by atoms with Gasteiger partial charge in [-0.2, -0.15) is 0 Å². The third kappa shape index (κ3) is 7.02. The molecule has 7 nitrogen and oxygen atoms in total. The molecule has 2 saturated carbocycles. The lowest BCUT2D eigenvalue weighted by atomic mass is 9.81. The molecular formula is C38H47BN5O2. The number of fused-ring (bicyclic) bond motifs is 1. The number of aryl methyl sites for hydroxylation is 1. The van der Waals surface area contributed by atoms with Gasteiger partial charge < -0.3 is 14.1 Å². The van der Waals surface area contributed by atoms with Crippen molar-refractivity contribution in [3.8, 4) is 5.75 Å². The predicted octanol–water partition coefficient (Wildman–Crippen LogP) is 7.17. The number of rotatable bonds is 15. The van der Waals surface area contributed by atoms with E-state index in [4.69, 9.17) is 14.7 Å². The molecule has 7 rings (SSSR count). The lowest BCUT2D eigenvalue weighted by Crippen LogP contribution is -2.31. The van der Waals surface area contributed by atoms with E-state index in [0.717, 1.165) is 48.3 Å². The topological polar surface area (TPSA) is 63.5 Å². The summed E-state index contributed by atoms with van der Waals surface area (Å²) in [7, 11) is 4.07. The third-order valence-corrected chi connectivity index (χ3v) is 10.4. The minimum atomic E-state index is 0.000458. The van der Waals surface area contributed by atoms with Crippen LogP contribution in [0.5, 0.6) is 5.75 Å². The highest BCUT2D eigenvalue weighted by atomic mass is 16.5. The quantitative estimate of drug-likeness (QED) is 0.104. The molecule has 0 bridgehead atoms. The zero-order valence-electron chi connectivity index (χ0n) is 27.6. The first-order valence-corrected chi connectivity index (χ1v) is 17.5. The minimum Gasteiger partial charge on any atom is -0.497 e. The van der Waals surface area contributed by atoms with Crippen LogP contribution in [-0.4, -0.2) is 47.0 Å². The summed E-state index contributed by atoms with van der Waals surface area (Å²) >= 11 is 0. The fourth-order valence-electron chi connectivity index (χ4n) is 7.20. The molecule has 1 aliphatic heterocycles. The Balaban J connectivity index is 1.18. The van der Waals surface area contributed by atoms with Gasteiger partial charge in [0.25, 0.3) is 13.0 Å². The number of methoxy groups -OCH3 is 1. The molecule has 2 aromatic carbocycles. The first-order valence-electron chi connectivity index (χ1n) is 17.5. The van der Waals surface area contributed by atoms with Crippen LogP contribution in [0.3, 0.4) is 0 Å². The lowest BCUT2D eigenvalue weighted by Gasteiger charge is -2.24. The fourth-order valence-corrected chi connectivity index (χ4v) is 7.20. The van der Waals surface area contributed by atoms with Gasteiger partial charge in [-0.25, -0.2) is 9.97 Å². The summed E-state index contributed by atoms with van der Waals surface area (Å²) in [6, 6.07) is 19.0. The predicted molar refractivity (Wildman–Crippen MR) is 187 cm³/mol. The van der Waals surface area contributed by atoms with E-state index in [-0.39, 0.29) is 5.56 Å². The highest BCUT2D eigenvalue weighted by Gasteiger charge is 2.63. The Bertz CT molecular complexity index is 1690. The van der Waals surface area contributed by atoms with Crippen LogP contribution in [0.15, 0.2) is 65.6 Å². The molecule has 46 heavy (non-hydrogen) atoms. The Hall–Kier alpha value is -3.65. The first kappa shape index (κ1) is 31.0. The van der Waals surface area contributed by atoms with Gasteiger partial charge in [-0.1, -0.05) is 62.6 Å². The van der Waals surface area contributed by atoms with Gasteiger partial charge in [0.15, 0.2) is 0 Å². The summed E-state index contributed by atoms with van der Waals surface area (Å²) in [5, 5.41) is 0.669. The van der Waals surface area contributed by atoms with Gasteiger partial charge in [0.05, 0.1) is 30.3 Å². The second-order valence-corrected chi connectivity index (χ2v) is 13.9. The maximum atomic E-state index is 14.1. The average molecular weight is 617 g/mol. The van der Waals surface area contributed by atoms with Crippen molar-refractivity contribution in [2.75, 3.05) is 25.0 Å². The second kappa shape index (κ2) is 13.6. The van der Waals surface area contributed by atoms with Crippen LogP contribution in [0.2, 0.25) is 5.82 Å². The maximum absolute atomic E-state index is 14.1. The van der Waals surface area contributed by atoms with E-state index >= 15 is 0 Å². The Morgan fingerprint density at radius 3 is 2.30 bits per heavy atom. The zero-order valence-corrected chi connectivity index (χ0v) is 27.6.